The van der Waals surface area contributed by atoms with Gasteiger partial charge < -0.3 is 10.1 Å². The lowest BCUT2D eigenvalue weighted by atomic mass is 9.80. The average Bonchev–Trinajstić information content (AvgIpc) is 2.34. The van der Waals surface area contributed by atoms with Crippen molar-refractivity contribution in [3.8, 4) is 0 Å². The second-order valence-electron chi connectivity index (χ2n) is 7.08. The van der Waals surface area contributed by atoms with E-state index in [2.05, 4.69) is 5.32 Å². The fourth-order valence-electron chi connectivity index (χ4n) is 2.68. The standard InChI is InChI=1S/C16H29NO3/c1-11(2)14(18)13(12-9-7-6-8-10-12)17-15(19)20-16(3,4)5/h11-13H,6-10H2,1-5H3,(H,17,19). The minimum atomic E-state index is -0.540. The van der Waals surface area contributed by atoms with E-state index in [4.69, 9.17) is 4.74 Å². The van der Waals surface area contributed by atoms with Crippen LogP contribution in [0.2, 0.25) is 0 Å². The van der Waals surface area contributed by atoms with Gasteiger partial charge in [0, 0.05) is 5.92 Å². The van der Waals surface area contributed by atoms with Gasteiger partial charge in [0.2, 0.25) is 0 Å². The normalized spacial score (nSPS) is 18.7. The summed E-state index contributed by atoms with van der Waals surface area (Å²) in [4.78, 5) is 24.3. The minimum absolute atomic E-state index is 0.0723. The highest BCUT2D eigenvalue weighted by Gasteiger charge is 2.33. The van der Waals surface area contributed by atoms with Crippen LogP contribution in [0.15, 0.2) is 0 Å². The number of amides is 1. The molecule has 1 N–H and O–H groups in total. The zero-order valence-corrected chi connectivity index (χ0v) is 13.5. The van der Waals surface area contributed by atoms with E-state index in [0.29, 0.717) is 0 Å². The average molecular weight is 283 g/mol. The molecular formula is C16H29NO3. The van der Waals surface area contributed by atoms with Gasteiger partial charge in [-0.1, -0.05) is 33.1 Å². The minimum Gasteiger partial charge on any atom is -0.444 e. The van der Waals surface area contributed by atoms with E-state index in [9.17, 15) is 9.59 Å². The molecule has 1 amide bonds. The monoisotopic (exact) mass is 283 g/mol. The van der Waals surface area contributed by atoms with E-state index in [-0.39, 0.29) is 17.6 Å². The van der Waals surface area contributed by atoms with Crippen LogP contribution < -0.4 is 5.32 Å². The summed E-state index contributed by atoms with van der Waals surface area (Å²) in [6.45, 7) is 9.25. The Bertz CT molecular complexity index is 338. The highest BCUT2D eigenvalue weighted by atomic mass is 16.6. The van der Waals surface area contributed by atoms with Crippen molar-refractivity contribution in [3.05, 3.63) is 0 Å². The quantitative estimate of drug-likeness (QED) is 0.856. The summed E-state index contributed by atoms with van der Waals surface area (Å²) in [6, 6.07) is -0.398. The van der Waals surface area contributed by atoms with Crippen molar-refractivity contribution in [1.82, 2.24) is 5.32 Å². The molecule has 4 nitrogen and oxygen atoms in total. The number of Topliss-reactive ketones (excluding diaryl/α,β-unsaturated/α-hetero) is 1. The second kappa shape index (κ2) is 7.09. The van der Waals surface area contributed by atoms with Crippen LogP contribution in [-0.2, 0) is 9.53 Å². The SMILES string of the molecule is CC(C)C(=O)C(NC(=O)OC(C)(C)C)C1CCCCC1. The predicted molar refractivity (Wildman–Crippen MR) is 79.6 cm³/mol. The van der Waals surface area contributed by atoms with E-state index < -0.39 is 17.7 Å². The smallest absolute Gasteiger partial charge is 0.408 e. The van der Waals surface area contributed by atoms with Gasteiger partial charge in [-0.2, -0.15) is 0 Å². The van der Waals surface area contributed by atoms with Crippen LogP contribution in [-0.4, -0.2) is 23.5 Å². The number of hydrogen-bond donors (Lipinski definition) is 1. The van der Waals surface area contributed by atoms with Gasteiger partial charge in [0.15, 0.2) is 5.78 Å². The summed E-state index contributed by atoms with van der Waals surface area (Å²) >= 11 is 0. The lowest BCUT2D eigenvalue weighted by Gasteiger charge is -2.31. The van der Waals surface area contributed by atoms with Gasteiger partial charge in [-0.25, -0.2) is 4.79 Å². The van der Waals surface area contributed by atoms with Crippen molar-refractivity contribution in [1.29, 1.82) is 0 Å². The van der Waals surface area contributed by atoms with Gasteiger partial charge in [-0.3, -0.25) is 4.79 Å². The number of carbonyl (C=O) groups is 2. The van der Waals surface area contributed by atoms with Crippen LogP contribution in [0.4, 0.5) is 4.79 Å². The molecule has 0 aromatic carbocycles. The highest BCUT2D eigenvalue weighted by molar-refractivity contribution is 5.89. The summed E-state index contributed by atoms with van der Waals surface area (Å²) in [5.74, 6) is 0.297. The molecule has 4 heteroatoms. The molecule has 0 heterocycles. The van der Waals surface area contributed by atoms with E-state index in [1.807, 2.05) is 34.6 Å². The molecule has 0 radical (unpaired) electrons. The molecule has 1 fully saturated rings. The lowest BCUT2D eigenvalue weighted by molar-refractivity contribution is -0.125. The molecule has 1 atom stereocenters. The maximum Gasteiger partial charge on any atom is 0.408 e. The molecule has 0 spiro atoms. The third kappa shape index (κ3) is 5.51. The summed E-state index contributed by atoms with van der Waals surface area (Å²) in [6.07, 6.45) is 5.05. The van der Waals surface area contributed by atoms with E-state index >= 15 is 0 Å². The summed E-state index contributed by atoms with van der Waals surface area (Å²) in [7, 11) is 0. The third-order valence-electron chi connectivity index (χ3n) is 3.67. The van der Waals surface area contributed by atoms with Crippen molar-refractivity contribution in [2.24, 2.45) is 11.8 Å². The number of rotatable bonds is 4. The largest absolute Gasteiger partial charge is 0.444 e. The number of hydrogen-bond acceptors (Lipinski definition) is 3. The molecule has 1 saturated carbocycles. The molecule has 0 aromatic heterocycles. The summed E-state index contributed by atoms with van der Waals surface area (Å²) in [5.41, 5.74) is -0.540. The molecule has 1 rings (SSSR count). The van der Waals surface area contributed by atoms with E-state index in [1.54, 1.807) is 0 Å². The Kier molecular flexibility index (Phi) is 6.03. The maximum absolute atomic E-state index is 12.4. The Morgan fingerprint density at radius 2 is 1.65 bits per heavy atom. The van der Waals surface area contributed by atoms with Crippen LogP contribution >= 0.6 is 0 Å². The highest BCUT2D eigenvalue weighted by Crippen LogP contribution is 2.28. The maximum atomic E-state index is 12.4. The first-order valence-corrected chi connectivity index (χ1v) is 7.74. The molecule has 0 aromatic rings. The van der Waals surface area contributed by atoms with Crippen LogP contribution in [0.5, 0.6) is 0 Å². The van der Waals surface area contributed by atoms with Gasteiger partial charge in [0.25, 0.3) is 0 Å². The van der Waals surface area contributed by atoms with Crippen molar-refractivity contribution in [2.75, 3.05) is 0 Å². The van der Waals surface area contributed by atoms with Crippen LogP contribution in [0.25, 0.3) is 0 Å². The predicted octanol–water partition coefficient (Wildman–Crippen LogP) is 3.69. The Balaban J connectivity index is 2.72. The lowest BCUT2D eigenvalue weighted by Crippen LogP contribution is -2.49. The Labute approximate surface area is 122 Å². The van der Waals surface area contributed by atoms with Gasteiger partial charge in [0.05, 0.1) is 6.04 Å². The van der Waals surface area contributed by atoms with E-state index in [0.717, 1.165) is 25.7 Å². The zero-order valence-electron chi connectivity index (χ0n) is 13.5. The molecule has 0 saturated heterocycles. The first-order chi connectivity index (χ1) is 9.20. The van der Waals surface area contributed by atoms with Crippen molar-refractivity contribution in [2.45, 2.75) is 78.4 Å². The molecule has 1 aliphatic rings. The van der Waals surface area contributed by atoms with Crippen molar-refractivity contribution >= 4 is 11.9 Å². The molecule has 1 aliphatic carbocycles. The van der Waals surface area contributed by atoms with Crippen LogP contribution in [0.3, 0.4) is 0 Å². The molecule has 0 aliphatic heterocycles. The number of carbonyl (C=O) groups excluding carboxylic acids is 2. The van der Waals surface area contributed by atoms with Crippen molar-refractivity contribution in [3.63, 3.8) is 0 Å². The third-order valence-corrected chi connectivity index (χ3v) is 3.67. The summed E-state index contributed by atoms with van der Waals surface area (Å²) in [5, 5.41) is 2.81. The van der Waals surface area contributed by atoms with Crippen LogP contribution in [0.1, 0.15) is 66.7 Å². The molecule has 0 bridgehead atoms. The fourth-order valence-corrected chi connectivity index (χ4v) is 2.68. The topological polar surface area (TPSA) is 55.4 Å². The fraction of sp³-hybridized carbons (Fsp3) is 0.875. The van der Waals surface area contributed by atoms with Gasteiger partial charge in [-0.15, -0.1) is 0 Å². The molecule has 116 valence electrons. The van der Waals surface area contributed by atoms with Gasteiger partial charge in [-0.05, 0) is 39.5 Å². The Hall–Kier alpha value is -1.06. The van der Waals surface area contributed by atoms with Gasteiger partial charge in [0.1, 0.15) is 5.60 Å². The van der Waals surface area contributed by atoms with Crippen molar-refractivity contribution < 1.29 is 14.3 Å². The molecular weight excluding hydrogens is 254 g/mol. The summed E-state index contributed by atoms with van der Waals surface area (Å²) < 4.78 is 5.29. The Morgan fingerprint density at radius 1 is 1.10 bits per heavy atom. The second-order valence-corrected chi connectivity index (χ2v) is 7.08. The number of ketones is 1. The number of nitrogens with one attached hydrogen (secondary N) is 1. The number of alkyl carbamates (subject to hydrolysis) is 1. The first-order valence-electron chi connectivity index (χ1n) is 7.74. The zero-order chi connectivity index (χ0) is 15.3. The molecule has 1 unspecified atom stereocenters. The van der Waals surface area contributed by atoms with Crippen LogP contribution in [0, 0.1) is 11.8 Å². The number of ether oxygens (including phenoxy) is 1. The molecule has 20 heavy (non-hydrogen) atoms. The first kappa shape index (κ1) is 17.0. The van der Waals surface area contributed by atoms with E-state index in [1.165, 1.54) is 6.42 Å². The van der Waals surface area contributed by atoms with Gasteiger partial charge >= 0.3 is 6.09 Å². The Morgan fingerprint density at radius 3 is 2.10 bits per heavy atom.